The molecule has 8 nitrogen and oxygen atoms in total. The first-order valence-electron chi connectivity index (χ1n) is 13.5. The average molecular weight is 549 g/mol. The highest BCUT2D eigenvalue weighted by atomic mass is 19.1. The number of nitrogens with zero attached hydrogens (tertiary/aromatic N) is 1. The van der Waals surface area contributed by atoms with Gasteiger partial charge in [0.15, 0.2) is 23.0 Å². The highest BCUT2D eigenvalue weighted by Gasteiger charge is 2.40. The minimum absolute atomic E-state index is 0.00444. The van der Waals surface area contributed by atoms with Crippen LogP contribution >= 0.6 is 0 Å². The third kappa shape index (κ3) is 5.83. The number of carbonyl (C=O) groups excluding carboxylic acids is 2. The van der Waals surface area contributed by atoms with Gasteiger partial charge in [0.05, 0.1) is 14.2 Å². The monoisotopic (exact) mass is 548 g/mol. The Morgan fingerprint density at radius 1 is 0.925 bits per heavy atom. The fraction of sp³-hybridized carbons (Fsp3) is 0.355. The molecule has 0 radical (unpaired) electrons. The molecule has 0 unspecified atom stereocenters. The summed E-state index contributed by atoms with van der Waals surface area (Å²) >= 11 is 0. The molecule has 3 aromatic carbocycles. The molecular formula is C31H33FN2O6. The van der Waals surface area contributed by atoms with Crippen molar-refractivity contribution in [3.63, 3.8) is 0 Å². The quantitative estimate of drug-likeness (QED) is 0.416. The van der Waals surface area contributed by atoms with Gasteiger partial charge in [0.25, 0.3) is 5.91 Å². The van der Waals surface area contributed by atoms with Crippen LogP contribution < -0.4 is 29.2 Å². The first kappa shape index (κ1) is 27.3. The molecule has 0 bridgehead atoms. The Morgan fingerprint density at radius 2 is 1.62 bits per heavy atom. The molecule has 0 saturated heterocycles. The average Bonchev–Trinajstić information content (AvgIpc) is 3.00. The molecule has 0 aromatic heterocycles. The number of nitrogens with one attached hydrogen (secondary N) is 1. The van der Waals surface area contributed by atoms with Crippen molar-refractivity contribution in [3.05, 3.63) is 78.1 Å². The van der Waals surface area contributed by atoms with Crippen molar-refractivity contribution in [2.45, 2.75) is 50.3 Å². The molecule has 40 heavy (non-hydrogen) atoms. The number of hydrogen-bond acceptors (Lipinski definition) is 6. The van der Waals surface area contributed by atoms with Crippen LogP contribution in [0.2, 0.25) is 0 Å². The van der Waals surface area contributed by atoms with E-state index in [1.165, 1.54) is 43.4 Å². The molecule has 1 aliphatic carbocycles. The molecule has 1 fully saturated rings. The van der Waals surface area contributed by atoms with Crippen LogP contribution in [0.25, 0.3) is 0 Å². The van der Waals surface area contributed by atoms with Crippen molar-refractivity contribution in [2.24, 2.45) is 0 Å². The summed E-state index contributed by atoms with van der Waals surface area (Å²) in [6.45, 7) is -0.0452. The lowest BCUT2D eigenvalue weighted by atomic mass is 9.94. The van der Waals surface area contributed by atoms with E-state index in [1.807, 2.05) is 6.07 Å². The predicted octanol–water partition coefficient (Wildman–Crippen LogP) is 5.21. The van der Waals surface area contributed by atoms with Gasteiger partial charge in [-0.25, -0.2) is 4.39 Å². The minimum atomic E-state index is -1.11. The maximum absolute atomic E-state index is 14.3. The van der Waals surface area contributed by atoms with Gasteiger partial charge in [0.2, 0.25) is 12.0 Å². The first-order chi connectivity index (χ1) is 19.5. The number of methoxy groups -OCH3 is 2. The van der Waals surface area contributed by atoms with E-state index in [0.29, 0.717) is 34.2 Å². The van der Waals surface area contributed by atoms with Crippen LogP contribution in [-0.4, -0.2) is 44.8 Å². The molecule has 0 spiro atoms. The lowest BCUT2D eigenvalue weighted by Gasteiger charge is -2.36. The smallest absolute Gasteiger partial charge is 0.272 e. The summed E-state index contributed by atoms with van der Waals surface area (Å²) in [7, 11) is 3.03. The SMILES string of the molecule is COc1ccc([C@H](C(=O)NC2CCCCC2)N(C(=O)[C@@H]2COc3ccccc3O2)c2ccc(F)cc2)cc1OC. The Kier molecular flexibility index (Phi) is 8.38. The molecule has 210 valence electrons. The molecule has 1 heterocycles. The number of halogens is 1. The van der Waals surface area contributed by atoms with Gasteiger partial charge in [0.1, 0.15) is 18.5 Å². The topological polar surface area (TPSA) is 86.3 Å². The van der Waals surface area contributed by atoms with Gasteiger partial charge in [-0.2, -0.15) is 0 Å². The van der Waals surface area contributed by atoms with Crippen LogP contribution in [0.4, 0.5) is 10.1 Å². The van der Waals surface area contributed by atoms with E-state index in [1.54, 1.807) is 36.4 Å². The zero-order valence-corrected chi connectivity index (χ0v) is 22.6. The Balaban J connectivity index is 1.58. The summed E-state index contributed by atoms with van der Waals surface area (Å²) < 4.78 is 36.8. The molecule has 9 heteroatoms. The second-order valence-corrected chi connectivity index (χ2v) is 9.91. The van der Waals surface area contributed by atoms with E-state index in [2.05, 4.69) is 5.32 Å². The molecule has 1 aliphatic heterocycles. The molecule has 3 aromatic rings. The molecule has 2 atom stereocenters. The number of anilines is 1. The van der Waals surface area contributed by atoms with Gasteiger partial charge in [0, 0.05) is 11.7 Å². The normalized spacial score (nSPS) is 17.4. The Morgan fingerprint density at radius 3 is 2.33 bits per heavy atom. The van der Waals surface area contributed by atoms with Crippen molar-refractivity contribution < 1.29 is 32.9 Å². The standard InChI is InChI=1S/C31H33FN2O6/c1-37-24-17-12-20(18-27(24)38-2)29(30(35)33-22-8-4-3-5-9-22)34(23-15-13-21(32)14-16-23)31(36)28-19-39-25-10-6-7-11-26(25)40-28/h6-7,10-18,22,28-29H,3-5,8-9,19H2,1-2H3,(H,33,35)/t28-,29+/m0/s1. The Labute approximate surface area is 233 Å². The lowest BCUT2D eigenvalue weighted by molar-refractivity contribution is -0.132. The highest BCUT2D eigenvalue weighted by molar-refractivity contribution is 6.03. The number of hydrogen-bond donors (Lipinski definition) is 1. The van der Waals surface area contributed by atoms with Gasteiger partial charge >= 0.3 is 0 Å². The fourth-order valence-corrected chi connectivity index (χ4v) is 5.27. The van der Waals surface area contributed by atoms with Gasteiger partial charge in [-0.15, -0.1) is 0 Å². The molecule has 1 N–H and O–H groups in total. The molecule has 2 amide bonds. The molecule has 1 saturated carbocycles. The van der Waals surface area contributed by atoms with E-state index >= 15 is 0 Å². The second kappa shape index (κ2) is 12.3. The highest BCUT2D eigenvalue weighted by Crippen LogP contribution is 2.37. The predicted molar refractivity (Wildman–Crippen MR) is 148 cm³/mol. The van der Waals surface area contributed by atoms with Crippen LogP contribution in [0, 0.1) is 5.82 Å². The summed E-state index contributed by atoms with van der Waals surface area (Å²) in [6.07, 6.45) is 3.88. The molecular weight excluding hydrogens is 515 g/mol. The maximum atomic E-state index is 14.3. The van der Waals surface area contributed by atoms with Crippen LogP contribution in [-0.2, 0) is 9.59 Å². The van der Waals surface area contributed by atoms with Gasteiger partial charge < -0.3 is 24.3 Å². The number of rotatable bonds is 8. The first-order valence-corrected chi connectivity index (χ1v) is 13.5. The van der Waals surface area contributed by atoms with E-state index in [9.17, 15) is 14.0 Å². The van der Waals surface area contributed by atoms with Crippen molar-refractivity contribution in [3.8, 4) is 23.0 Å². The summed E-state index contributed by atoms with van der Waals surface area (Å²) in [5.74, 6) is 0.545. The third-order valence-electron chi connectivity index (χ3n) is 7.31. The van der Waals surface area contributed by atoms with E-state index < -0.39 is 23.9 Å². The number of benzene rings is 3. The van der Waals surface area contributed by atoms with Gasteiger partial charge in [-0.3, -0.25) is 14.5 Å². The maximum Gasteiger partial charge on any atom is 0.272 e. The van der Waals surface area contributed by atoms with E-state index in [4.69, 9.17) is 18.9 Å². The van der Waals surface area contributed by atoms with Gasteiger partial charge in [-0.1, -0.05) is 37.5 Å². The van der Waals surface area contributed by atoms with E-state index in [0.717, 1.165) is 32.1 Å². The zero-order chi connectivity index (χ0) is 28.1. The number of amides is 2. The van der Waals surface area contributed by atoms with Crippen molar-refractivity contribution in [2.75, 3.05) is 25.7 Å². The van der Waals surface area contributed by atoms with Crippen molar-refractivity contribution in [1.82, 2.24) is 5.32 Å². The van der Waals surface area contributed by atoms with Crippen LogP contribution in [0.15, 0.2) is 66.7 Å². The van der Waals surface area contributed by atoms with Gasteiger partial charge in [-0.05, 0) is 66.9 Å². The number of para-hydroxylation sites is 2. The third-order valence-corrected chi connectivity index (χ3v) is 7.31. The van der Waals surface area contributed by atoms with Crippen LogP contribution in [0.1, 0.15) is 43.7 Å². The second-order valence-electron chi connectivity index (χ2n) is 9.91. The minimum Gasteiger partial charge on any atom is -0.493 e. The Hall–Kier alpha value is -4.27. The van der Waals surface area contributed by atoms with Crippen molar-refractivity contribution in [1.29, 1.82) is 0 Å². The summed E-state index contributed by atoms with van der Waals surface area (Å²) in [4.78, 5) is 29.7. The summed E-state index contributed by atoms with van der Waals surface area (Å²) in [5.41, 5.74) is 0.841. The molecule has 2 aliphatic rings. The van der Waals surface area contributed by atoms with E-state index in [-0.39, 0.29) is 18.6 Å². The lowest BCUT2D eigenvalue weighted by Crippen LogP contribution is -2.52. The van der Waals surface area contributed by atoms with Crippen molar-refractivity contribution >= 4 is 17.5 Å². The zero-order valence-electron chi connectivity index (χ0n) is 22.6. The summed E-state index contributed by atoms with van der Waals surface area (Å²) in [5, 5.41) is 3.17. The number of ether oxygens (including phenoxy) is 4. The molecule has 5 rings (SSSR count). The van der Waals surface area contributed by atoms with Crippen LogP contribution in [0.3, 0.4) is 0 Å². The van der Waals surface area contributed by atoms with Crippen LogP contribution in [0.5, 0.6) is 23.0 Å². The number of carbonyl (C=O) groups is 2. The fourth-order valence-electron chi connectivity index (χ4n) is 5.27. The summed E-state index contributed by atoms with van der Waals surface area (Å²) in [6, 6.07) is 16.5. The largest absolute Gasteiger partial charge is 0.493 e. The number of fused-ring (bicyclic) bond motifs is 1. The Bertz CT molecular complexity index is 1340.